The molecule has 0 aliphatic heterocycles. The molecular weight excluding hydrogens is 264 g/mol. The lowest BCUT2D eigenvalue weighted by Crippen LogP contribution is -2.10. The number of nitro benzene ring substituents is 1. The number of nitrogens with one attached hydrogen (secondary N) is 1. The molecule has 0 unspecified atom stereocenters. The summed E-state index contributed by atoms with van der Waals surface area (Å²) in [5, 5.41) is 10.9. The number of carbonyl (C=O) groups excluding carboxylic acids is 1. The van der Waals surface area contributed by atoms with Gasteiger partial charge in [-0.1, -0.05) is 6.07 Å². The van der Waals surface area contributed by atoms with Crippen LogP contribution in [0.1, 0.15) is 6.92 Å². The molecule has 1 aromatic carbocycles. The molecule has 0 amide bonds. The quantitative estimate of drug-likeness (QED) is 0.640. The minimum atomic E-state index is -3.76. The predicted molar refractivity (Wildman–Crippen MR) is 61.6 cm³/mol. The molecule has 0 radical (unpaired) electrons. The first-order chi connectivity index (χ1) is 8.23. The van der Waals surface area contributed by atoms with Crippen molar-refractivity contribution in [2.45, 2.75) is 11.8 Å². The normalized spacial score (nSPS) is 10.8. The zero-order chi connectivity index (χ0) is 13.9. The number of rotatable bonds is 4. The molecule has 0 fully saturated rings. The molecule has 1 rings (SSSR count). The van der Waals surface area contributed by atoms with E-state index in [9.17, 15) is 23.3 Å². The van der Waals surface area contributed by atoms with Gasteiger partial charge in [-0.25, -0.2) is 13.9 Å². The van der Waals surface area contributed by atoms with Crippen molar-refractivity contribution in [1.82, 2.24) is 0 Å². The van der Waals surface area contributed by atoms with Crippen molar-refractivity contribution < 1.29 is 23.0 Å². The van der Waals surface area contributed by atoms with Crippen molar-refractivity contribution in [2.75, 3.05) is 11.7 Å². The summed E-state index contributed by atoms with van der Waals surface area (Å²) in [4.78, 5) is 24.6. The number of nitro groups is 1. The van der Waals surface area contributed by atoms with Crippen LogP contribution in [0.3, 0.4) is 0 Å². The zero-order valence-electron chi connectivity index (χ0n) is 9.54. The standard InChI is InChI=1S/C9H10N2O6S/c1-6(12)17-10-7-4-3-5-8(18(2,15)16)9(7)11(13)14/h3-5,10H,1-2H3. The molecular formula is C9H10N2O6S. The number of hydrogen-bond donors (Lipinski definition) is 1. The van der Waals surface area contributed by atoms with Crippen molar-refractivity contribution in [3.8, 4) is 0 Å². The Labute approximate surface area is 103 Å². The molecule has 1 aromatic rings. The first kappa shape index (κ1) is 13.9. The summed E-state index contributed by atoms with van der Waals surface area (Å²) in [5.74, 6) is -0.714. The van der Waals surface area contributed by atoms with E-state index in [2.05, 4.69) is 10.3 Å². The van der Waals surface area contributed by atoms with E-state index in [-0.39, 0.29) is 5.69 Å². The lowest BCUT2D eigenvalue weighted by Gasteiger charge is -2.07. The van der Waals surface area contributed by atoms with Crippen molar-refractivity contribution >= 4 is 27.2 Å². The summed E-state index contributed by atoms with van der Waals surface area (Å²) in [7, 11) is -3.76. The number of hydrogen-bond acceptors (Lipinski definition) is 7. The summed E-state index contributed by atoms with van der Waals surface area (Å²) < 4.78 is 22.8. The number of carbonyl (C=O) groups is 1. The van der Waals surface area contributed by atoms with Crippen LogP contribution in [-0.2, 0) is 19.5 Å². The molecule has 8 nitrogen and oxygen atoms in total. The fourth-order valence-corrected chi connectivity index (χ4v) is 2.08. The van der Waals surface area contributed by atoms with Gasteiger partial charge in [-0.15, -0.1) is 0 Å². The van der Waals surface area contributed by atoms with Crippen LogP contribution in [0, 0.1) is 10.1 Å². The van der Waals surface area contributed by atoms with Gasteiger partial charge in [0.25, 0.3) is 0 Å². The molecule has 9 heteroatoms. The van der Waals surface area contributed by atoms with Crippen LogP contribution in [0.15, 0.2) is 23.1 Å². The number of nitrogens with zero attached hydrogens (tertiary/aromatic N) is 1. The minimum absolute atomic E-state index is 0.210. The number of benzene rings is 1. The third-order valence-corrected chi connectivity index (χ3v) is 3.01. The van der Waals surface area contributed by atoms with Crippen LogP contribution in [0.25, 0.3) is 0 Å². The third kappa shape index (κ3) is 3.17. The second-order valence-electron chi connectivity index (χ2n) is 3.38. The lowest BCUT2D eigenvalue weighted by molar-refractivity contribution is -0.387. The Hall–Kier alpha value is -2.16. The van der Waals surface area contributed by atoms with Gasteiger partial charge in [0.2, 0.25) is 0 Å². The van der Waals surface area contributed by atoms with Crippen LogP contribution < -0.4 is 5.48 Å². The lowest BCUT2D eigenvalue weighted by atomic mass is 10.3. The Kier molecular flexibility index (Phi) is 3.86. The second-order valence-corrected chi connectivity index (χ2v) is 5.36. The molecule has 0 aliphatic rings. The molecule has 0 aromatic heterocycles. The molecule has 0 atom stereocenters. The van der Waals surface area contributed by atoms with E-state index < -0.39 is 31.3 Å². The average molecular weight is 274 g/mol. The Morgan fingerprint density at radius 1 is 1.44 bits per heavy atom. The average Bonchev–Trinajstić information content (AvgIpc) is 2.24. The zero-order valence-corrected chi connectivity index (χ0v) is 10.4. The van der Waals surface area contributed by atoms with Gasteiger partial charge in [0, 0.05) is 13.2 Å². The Balaban J connectivity index is 3.36. The van der Waals surface area contributed by atoms with Gasteiger partial charge in [-0.2, -0.15) is 0 Å². The smallest absolute Gasteiger partial charge is 0.329 e. The van der Waals surface area contributed by atoms with E-state index in [4.69, 9.17) is 0 Å². The summed E-state index contributed by atoms with van der Waals surface area (Å²) in [6.07, 6.45) is 0.852. The molecule has 0 aliphatic carbocycles. The Bertz CT molecular complexity index is 595. The van der Waals surface area contributed by atoms with Gasteiger partial charge >= 0.3 is 11.7 Å². The van der Waals surface area contributed by atoms with Crippen LogP contribution in [0.4, 0.5) is 11.4 Å². The number of para-hydroxylation sites is 1. The topological polar surface area (TPSA) is 116 Å². The fourth-order valence-electron chi connectivity index (χ4n) is 1.22. The van der Waals surface area contributed by atoms with Crippen molar-refractivity contribution in [3.05, 3.63) is 28.3 Å². The van der Waals surface area contributed by atoms with Crippen LogP contribution >= 0.6 is 0 Å². The van der Waals surface area contributed by atoms with Gasteiger partial charge < -0.3 is 4.84 Å². The van der Waals surface area contributed by atoms with E-state index in [1.54, 1.807) is 0 Å². The highest BCUT2D eigenvalue weighted by Crippen LogP contribution is 2.31. The molecule has 0 saturated carbocycles. The SMILES string of the molecule is CC(=O)ONc1cccc(S(C)(=O)=O)c1[N+](=O)[O-]. The molecule has 0 bridgehead atoms. The molecule has 18 heavy (non-hydrogen) atoms. The summed E-state index contributed by atoms with van der Waals surface area (Å²) in [5.41, 5.74) is 1.18. The first-order valence-corrected chi connectivity index (χ1v) is 6.53. The second kappa shape index (κ2) is 5.00. The highest BCUT2D eigenvalue weighted by Gasteiger charge is 2.26. The molecule has 0 saturated heterocycles. The van der Waals surface area contributed by atoms with Gasteiger partial charge in [0.15, 0.2) is 15.5 Å². The van der Waals surface area contributed by atoms with Crippen LogP contribution in [-0.4, -0.2) is 25.6 Å². The highest BCUT2D eigenvalue weighted by atomic mass is 32.2. The van der Waals surface area contributed by atoms with Crippen molar-refractivity contribution in [1.29, 1.82) is 0 Å². The van der Waals surface area contributed by atoms with Crippen molar-refractivity contribution in [3.63, 3.8) is 0 Å². The van der Waals surface area contributed by atoms with E-state index >= 15 is 0 Å². The number of anilines is 1. The predicted octanol–water partition coefficient (Wildman–Crippen LogP) is 0.888. The van der Waals surface area contributed by atoms with Gasteiger partial charge in [-0.05, 0) is 12.1 Å². The van der Waals surface area contributed by atoms with Gasteiger partial charge in [0.1, 0.15) is 4.90 Å². The summed E-state index contributed by atoms with van der Waals surface area (Å²) >= 11 is 0. The van der Waals surface area contributed by atoms with Gasteiger partial charge in [0.05, 0.1) is 4.92 Å². The van der Waals surface area contributed by atoms with E-state index in [0.29, 0.717) is 0 Å². The first-order valence-electron chi connectivity index (χ1n) is 4.64. The maximum absolute atomic E-state index is 11.4. The monoisotopic (exact) mass is 274 g/mol. The maximum atomic E-state index is 11.4. The van der Waals surface area contributed by atoms with Crippen LogP contribution in [0.5, 0.6) is 0 Å². The fraction of sp³-hybridized carbons (Fsp3) is 0.222. The van der Waals surface area contributed by atoms with Crippen molar-refractivity contribution in [2.24, 2.45) is 0 Å². The maximum Gasteiger partial charge on any atom is 0.329 e. The molecule has 0 heterocycles. The van der Waals surface area contributed by atoms with Gasteiger partial charge in [-0.3, -0.25) is 14.9 Å². The van der Waals surface area contributed by atoms with Crippen LogP contribution in [0.2, 0.25) is 0 Å². The minimum Gasteiger partial charge on any atom is -0.344 e. The molecule has 0 spiro atoms. The Morgan fingerprint density at radius 2 is 2.06 bits per heavy atom. The molecule has 98 valence electrons. The van der Waals surface area contributed by atoms with E-state index in [1.165, 1.54) is 12.1 Å². The largest absolute Gasteiger partial charge is 0.344 e. The van der Waals surface area contributed by atoms with E-state index in [0.717, 1.165) is 19.2 Å². The summed E-state index contributed by atoms with van der Waals surface area (Å²) in [6.45, 7) is 1.10. The Morgan fingerprint density at radius 3 is 2.50 bits per heavy atom. The highest BCUT2D eigenvalue weighted by molar-refractivity contribution is 7.90. The van der Waals surface area contributed by atoms with E-state index in [1.807, 2.05) is 0 Å². The summed E-state index contributed by atoms with van der Waals surface area (Å²) in [6, 6.07) is 3.64. The third-order valence-electron chi connectivity index (χ3n) is 1.89. The number of sulfone groups is 1. The molecule has 1 N–H and O–H groups in total.